The first-order valence-corrected chi connectivity index (χ1v) is 8.45. The molecule has 0 unspecified atom stereocenters. The number of aromatic nitrogens is 3. The molecule has 1 amide bonds. The van der Waals surface area contributed by atoms with Gasteiger partial charge in [-0.2, -0.15) is 0 Å². The first-order chi connectivity index (χ1) is 10.4. The molecule has 9 heteroatoms. The van der Waals surface area contributed by atoms with Crippen molar-refractivity contribution in [1.29, 1.82) is 0 Å². The molecule has 0 aliphatic carbocycles. The third-order valence-electron chi connectivity index (χ3n) is 3.60. The number of benzene rings is 1. The van der Waals surface area contributed by atoms with Crippen LogP contribution in [0.4, 0.5) is 0 Å². The van der Waals surface area contributed by atoms with Gasteiger partial charge in [-0.1, -0.05) is 23.7 Å². The second kappa shape index (κ2) is 5.36. The number of halogens is 1. The van der Waals surface area contributed by atoms with Gasteiger partial charge in [-0.15, -0.1) is 10.2 Å². The molecule has 2 heterocycles. The molecule has 0 bridgehead atoms. The van der Waals surface area contributed by atoms with Gasteiger partial charge in [0.25, 0.3) is 5.91 Å². The van der Waals surface area contributed by atoms with Gasteiger partial charge in [-0.3, -0.25) is 4.79 Å². The summed E-state index contributed by atoms with van der Waals surface area (Å²) in [6, 6.07) is 6.70. The number of hydrogen-bond acceptors (Lipinski definition) is 5. The van der Waals surface area contributed by atoms with E-state index in [0.29, 0.717) is 10.6 Å². The van der Waals surface area contributed by atoms with Crippen molar-refractivity contribution >= 4 is 27.3 Å². The Morgan fingerprint density at radius 1 is 1.32 bits per heavy atom. The molecule has 1 aliphatic heterocycles. The SMILES string of the molecule is Cn1cnnc1S(=O)(=O)C1CN(C(=O)c2ccccc2Cl)C1. The van der Waals surface area contributed by atoms with Gasteiger partial charge in [0.15, 0.2) is 0 Å². The van der Waals surface area contributed by atoms with Gasteiger partial charge in [-0.05, 0) is 12.1 Å². The number of hydrogen-bond donors (Lipinski definition) is 0. The second-order valence-electron chi connectivity index (χ2n) is 5.08. The summed E-state index contributed by atoms with van der Waals surface area (Å²) >= 11 is 5.99. The number of carbonyl (C=O) groups is 1. The summed E-state index contributed by atoms with van der Waals surface area (Å²) in [5.41, 5.74) is 0.374. The third-order valence-corrected chi connectivity index (χ3v) is 5.99. The van der Waals surface area contributed by atoms with Gasteiger partial charge in [0, 0.05) is 20.1 Å². The third kappa shape index (κ3) is 2.38. The van der Waals surface area contributed by atoms with Gasteiger partial charge in [-0.25, -0.2) is 8.42 Å². The van der Waals surface area contributed by atoms with Crippen LogP contribution in [0.5, 0.6) is 0 Å². The molecule has 2 aromatic rings. The molecule has 0 atom stereocenters. The number of aryl methyl sites for hydroxylation is 1. The van der Waals surface area contributed by atoms with Crippen LogP contribution >= 0.6 is 11.6 Å². The van der Waals surface area contributed by atoms with Crippen molar-refractivity contribution in [1.82, 2.24) is 19.7 Å². The minimum atomic E-state index is -3.59. The number of nitrogens with zero attached hydrogens (tertiary/aromatic N) is 4. The number of amides is 1. The highest BCUT2D eigenvalue weighted by atomic mass is 35.5. The Bertz CT molecular complexity index is 827. The highest BCUT2D eigenvalue weighted by Crippen LogP contribution is 2.25. The summed E-state index contributed by atoms with van der Waals surface area (Å²) in [5.74, 6) is -0.269. The molecule has 1 aromatic carbocycles. The maximum absolute atomic E-state index is 12.4. The van der Waals surface area contributed by atoms with Crippen LogP contribution in [-0.2, 0) is 16.9 Å². The first kappa shape index (κ1) is 15.0. The van der Waals surface area contributed by atoms with Crippen LogP contribution < -0.4 is 0 Å². The monoisotopic (exact) mass is 340 g/mol. The zero-order valence-electron chi connectivity index (χ0n) is 11.7. The first-order valence-electron chi connectivity index (χ1n) is 6.53. The molecule has 3 rings (SSSR count). The fraction of sp³-hybridized carbons (Fsp3) is 0.308. The van der Waals surface area contributed by atoms with Gasteiger partial charge in [0.05, 0.1) is 10.6 Å². The molecular weight excluding hydrogens is 328 g/mol. The Hall–Kier alpha value is -1.93. The lowest BCUT2D eigenvalue weighted by atomic mass is 10.1. The number of sulfone groups is 1. The van der Waals surface area contributed by atoms with E-state index in [9.17, 15) is 13.2 Å². The van der Waals surface area contributed by atoms with Crippen LogP contribution in [0.3, 0.4) is 0 Å². The van der Waals surface area contributed by atoms with Crippen LogP contribution in [-0.4, -0.2) is 52.3 Å². The summed E-state index contributed by atoms with van der Waals surface area (Å²) < 4.78 is 26.1. The van der Waals surface area contributed by atoms with Crippen molar-refractivity contribution in [2.75, 3.05) is 13.1 Å². The van der Waals surface area contributed by atoms with Crippen LogP contribution in [0.15, 0.2) is 35.7 Å². The highest BCUT2D eigenvalue weighted by Gasteiger charge is 2.43. The smallest absolute Gasteiger partial charge is 0.255 e. The van der Waals surface area contributed by atoms with E-state index in [2.05, 4.69) is 10.2 Å². The summed E-state index contributed by atoms with van der Waals surface area (Å²) in [7, 11) is -2.02. The second-order valence-corrected chi connectivity index (χ2v) is 7.61. The zero-order chi connectivity index (χ0) is 15.9. The number of rotatable bonds is 3. The van der Waals surface area contributed by atoms with Crippen molar-refractivity contribution in [2.24, 2.45) is 7.05 Å². The van der Waals surface area contributed by atoms with Gasteiger partial charge in [0.2, 0.25) is 15.0 Å². The Morgan fingerprint density at radius 3 is 2.59 bits per heavy atom. The molecule has 1 aromatic heterocycles. The molecule has 0 spiro atoms. The van der Waals surface area contributed by atoms with Crippen molar-refractivity contribution in [3.8, 4) is 0 Å². The zero-order valence-corrected chi connectivity index (χ0v) is 13.3. The number of likely N-dealkylation sites (tertiary alicyclic amines) is 1. The molecule has 1 fully saturated rings. The molecule has 0 N–H and O–H groups in total. The van der Waals surface area contributed by atoms with Crippen LogP contribution in [0.25, 0.3) is 0 Å². The molecule has 22 heavy (non-hydrogen) atoms. The Kier molecular flexibility index (Phi) is 3.65. The molecule has 0 saturated carbocycles. The highest BCUT2D eigenvalue weighted by molar-refractivity contribution is 7.92. The van der Waals surface area contributed by atoms with E-state index in [-0.39, 0.29) is 24.2 Å². The predicted molar refractivity (Wildman–Crippen MR) is 79.3 cm³/mol. The summed E-state index contributed by atoms with van der Waals surface area (Å²) in [5, 5.41) is 6.82. The van der Waals surface area contributed by atoms with E-state index in [1.54, 1.807) is 31.3 Å². The Morgan fingerprint density at radius 2 is 2.00 bits per heavy atom. The van der Waals surface area contributed by atoms with Crippen LogP contribution in [0.2, 0.25) is 5.02 Å². The van der Waals surface area contributed by atoms with Gasteiger partial charge >= 0.3 is 0 Å². The summed E-state index contributed by atoms with van der Waals surface area (Å²) in [4.78, 5) is 13.7. The van der Waals surface area contributed by atoms with E-state index in [1.165, 1.54) is 15.8 Å². The molecule has 116 valence electrons. The van der Waals surface area contributed by atoms with Crippen LogP contribution in [0, 0.1) is 0 Å². The average molecular weight is 341 g/mol. The molecular formula is C13H13ClN4O3S. The lowest BCUT2D eigenvalue weighted by molar-refractivity contribution is 0.0658. The van der Waals surface area contributed by atoms with E-state index in [4.69, 9.17) is 11.6 Å². The summed E-state index contributed by atoms with van der Waals surface area (Å²) in [6.45, 7) is 0.249. The Balaban J connectivity index is 1.74. The van der Waals surface area contributed by atoms with E-state index >= 15 is 0 Å². The average Bonchev–Trinajstić information content (AvgIpc) is 2.84. The van der Waals surface area contributed by atoms with Gasteiger partial charge < -0.3 is 9.47 Å². The topological polar surface area (TPSA) is 85.2 Å². The fourth-order valence-corrected chi connectivity index (χ4v) is 4.16. The number of carbonyl (C=O) groups excluding carboxylic acids is 1. The molecule has 7 nitrogen and oxygen atoms in total. The normalized spacial score (nSPS) is 15.6. The maximum Gasteiger partial charge on any atom is 0.255 e. The van der Waals surface area contributed by atoms with Crippen LogP contribution in [0.1, 0.15) is 10.4 Å². The lowest BCUT2D eigenvalue weighted by Crippen LogP contribution is -2.57. The molecule has 1 aliphatic rings. The maximum atomic E-state index is 12.4. The van der Waals surface area contributed by atoms with Gasteiger partial charge in [0.1, 0.15) is 11.6 Å². The van der Waals surface area contributed by atoms with Crippen molar-refractivity contribution in [2.45, 2.75) is 10.4 Å². The van der Waals surface area contributed by atoms with Crippen molar-refractivity contribution in [3.63, 3.8) is 0 Å². The lowest BCUT2D eigenvalue weighted by Gasteiger charge is -2.38. The summed E-state index contributed by atoms with van der Waals surface area (Å²) in [6.07, 6.45) is 1.33. The van der Waals surface area contributed by atoms with E-state index in [0.717, 1.165) is 0 Å². The predicted octanol–water partition coefficient (Wildman–Crippen LogP) is 0.767. The van der Waals surface area contributed by atoms with Crippen molar-refractivity contribution < 1.29 is 13.2 Å². The van der Waals surface area contributed by atoms with E-state index in [1.807, 2.05) is 0 Å². The van der Waals surface area contributed by atoms with E-state index < -0.39 is 15.1 Å². The largest absolute Gasteiger partial charge is 0.336 e. The Labute approximate surface area is 132 Å². The molecule has 0 radical (unpaired) electrons. The molecule has 1 saturated heterocycles. The quantitative estimate of drug-likeness (QED) is 0.823. The van der Waals surface area contributed by atoms with Crippen molar-refractivity contribution in [3.05, 3.63) is 41.2 Å². The minimum absolute atomic E-state index is 0.0812. The minimum Gasteiger partial charge on any atom is -0.336 e. The standard InChI is InChI=1S/C13H13ClN4O3S/c1-17-8-15-16-13(17)22(20,21)9-6-18(7-9)12(19)10-4-2-3-5-11(10)14/h2-5,8-9H,6-7H2,1H3. The fourth-order valence-electron chi connectivity index (χ4n) is 2.28.